The van der Waals surface area contributed by atoms with Crippen molar-refractivity contribution in [3.63, 3.8) is 0 Å². The summed E-state index contributed by atoms with van der Waals surface area (Å²) >= 11 is 0. The first-order valence-corrected chi connectivity index (χ1v) is 11.2. The van der Waals surface area contributed by atoms with Crippen molar-refractivity contribution in [3.05, 3.63) is 64.6 Å². The largest absolute Gasteiger partial charge is 0.379 e. The number of pyridine rings is 2. The molecule has 11 nitrogen and oxygen atoms in total. The van der Waals surface area contributed by atoms with Crippen molar-refractivity contribution in [3.8, 4) is 0 Å². The Kier molecular flexibility index (Phi) is 4.96. The molecule has 0 aliphatic carbocycles. The van der Waals surface area contributed by atoms with E-state index in [1.165, 1.54) is 22.5 Å². The van der Waals surface area contributed by atoms with Gasteiger partial charge in [-0.25, -0.2) is 8.42 Å². The summed E-state index contributed by atoms with van der Waals surface area (Å²) in [4.78, 5) is 27.9. The number of anilines is 1. The Labute approximate surface area is 181 Å². The van der Waals surface area contributed by atoms with E-state index in [-0.39, 0.29) is 29.5 Å². The van der Waals surface area contributed by atoms with Crippen LogP contribution in [0.4, 0.5) is 5.95 Å². The van der Waals surface area contributed by atoms with Crippen LogP contribution < -0.4 is 10.9 Å². The summed E-state index contributed by atoms with van der Waals surface area (Å²) in [7, 11) is -3.78. The van der Waals surface area contributed by atoms with Gasteiger partial charge in [0.15, 0.2) is 5.65 Å². The third-order valence-corrected chi connectivity index (χ3v) is 7.10. The molecule has 0 radical (unpaired) electrons. The fourth-order valence-corrected chi connectivity index (χ4v) is 5.05. The number of amides is 1. The third-order valence-electron chi connectivity index (χ3n) is 5.21. The number of aromatic amines is 1. The van der Waals surface area contributed by atoms with E-state index in [0.717, 1.165) is 6.07 Å². The number of ether oxygens (including phenoxy) is 1. The van der Waals surface area contributed by atoms with E-state index in [4.69, 9.17) is 4.74 Å². The Morgan fingerprint density at radius 3 is 2.72 bits per heavy atom. The predicted octanol–water partition coefficient (Wildman–Crippen LogP) is 0.844. The number of nitrogens with zero attached hydrogens (tertiary/aromatic N) is 4. The molecule has 1 fully saturated rings. The molecule has 164 valence electrons. The van der Waals surface area contributed by atoms with Crippen LogP contribution in [-0.4, -0.2) is 64.5 Å². The molecule has 0 saturated carbocycles. The van der Waals surface area contributed by atoms with Crippen molar-refractivity contribution in [2.45, 2.75) is 4.90 Å². The van der Waals surface area contributed by atoms with Gasteiger partial charge in [0.25, 0.3) is 5.91 Å². The fraction of sp³-hybridized carbons (Fsp3) is 0.200. The van der Waals surface area contributed by atoms with Crippen LogP contribution in [0.1, 0.15) is 10.4 Å². The average molecular weight is 454 g/mol. The van der Waals surface area contributed by atoms with Crippen LogP contribution in [0.2, 0.25) is 0 Å². The second-order valence-electron chi connectivity index (χ2n) is 7.18. The highest BCUT2D eigenvalue weighted by Gasteiger charge is 2.27. The Balaban J connectivity index is 1.57. The molecule has 5 rings (SSSR count). The maximum atomic E-state index is 13.1. The molecule has 1 amide bonds. The van der Waals surface area contributed by atoms with Crippen molar-refractivity contribution < 1.29 is 17.9 Å². The maximum absolute atomic E-state index is 13.1. The number of nitrogens with one attached hydrogen (secondary N) is 2. The van der Waals surface area contributed by atoms with E-state index in [2.05, 4.69) is 20.5 Å². The van der Waals surface area contributed by atoms with E-state index < -0.39 is 21.5 Å². The number of aromatic nitrogens is 4. The minimum absolute atomic E-state index is 0.0236. The molecule has 0 bridgehead atoms. The van der Waals surface area contributed by atoms with Gasteiger partial charge in [0.2, 0.25) is 21.5 Å². The maximum Gasteiger partial charge on any atom is 0.258 e. The molecular weight excluding hydrogens is 436 g/mol. The smallest absolute Gasteiger partial charge is 0.258 e. The third kappa shape index (κ3) is 3.53. The summed E-state index contributed by atoms with van der Waals surface area (Å²) in [5.41, 5.74) is 0.417. The number of hydrogen-bond acceptors (Lipinski definition) is 7. The molecule has 0 unspecified atom stereocenters. The zero-order valence-electron chi connectivity index (χ0n) is 16.7. The van der Waals surface area contributed by atoms with E-state index in [0.29, 0.717) is 29.8 Å². The van der Waals surface area contributed by atoms with E-state index in [9.17, 15) is 18.0 Å². The molecule has 1 saturated heterocycles. The van der Waals surface area contributed by atoms with Gasteiger partial charge in [0, 0.05) is 36.3 Å². The van der Waals surface area contributed by atoms with Crippen LogP contribution in [0.15, 0.2) is 58.4 Å². The SMILES string of the molecule is O=C(Nc1nnc2ccccn12)c1cc(=O)[nH]c2ccc(S(=O)(=O)N3CCOCC3)cc12. The van der Waals surface area contributed by atoms with Gasteiger partial charge in [-0.3, -0.25) is 19.3 Å². The highest BCUT2D eigenvalue weighted by Crippen LogP contribution is 2.24. The minimum atomic E-state index is -3.78. The fourth-order valence-electron chi connectivity index (χ4n) is 3.61. The van der Waals surface area contributed by atoms with Gasteiger partial charge in [0.1, 0.15) is 0 Å². The Morgan fingerprint density at radius 2 is 1.91 bits per heavy atom. The number of benzene rings is 1. The first kappa shape index (κ1) is 20.3. The van der Waals surface area contributed by atoms with Crippen LogP contribution in [-0.2, 0) is 14.8 Å². The number of fused-ring (bicyclic) bond motifs is 2. The number of hydrogen-bond donors (Lipinski definition) is 2. The molecule has 4 aromatic rings. The normalized spacial score (nSPS) is 15.2. The van der Waals surface area contributed by atoms with Gasteiger partial charge >= 0.3 is 0 Å². The topological polar surface area (TPSA) is 139 Å². The second kappa shape index (κ2) is 7.82. The van der Waals surface area contributed by atoms with Crippen LogP contribution in [0.3, 0.4) is 0 Å². The number of morpholine rings is 1. The number of rotatable bonds is 4. The van der Waals surface area contributed by atoms with Crippen molar-refractivity contribution in [2.24, 2.45) is 0 Å². The summed E-state index contributed by atoms with van der Waals surface area (Å²) in [5, 5.41) is 10.9. The lowest BCUT2D eigenvalue weighted by Gasteiger charge is -2.26. The molecule has 1 aromatic carbocycles. The number of carbonyl (C=O) groups excluding carboxylic acids is 1. The number of carbonyl (C=O) groups is 1. The highest BCUT2D eigenvalue weighted by atomic mass is 32.2. The summed E-state index contributed by atoms with van der Waals surface area (Å²) < 4.78 is 34.3. The molecule has 1 aliphatic heterocycles. The van der Waals surface area contributed by atoms with Crippen molar-refractivity contribution >= 4 is 38.4 Å². The number of H-pyrrole nitrogens is 1. The molecule has 2 N–H and O–H groups in total. The van der Waals surface area contributed by atoms with Gasteiger partial charge in [-0.05, 0) is 30.3 Å². The number of sulfonamides is 1. The molecule has 3 aromatic heterocycles. The van der Waals surface area contributed by atoms with Gasteiger partial charge in [-0.2, -0.15) is 4.31 Å². The summed E-state index contributed by atoms with van der Waals surface area (Å²) in [6, 6.07) is 10.7. The van der Waals surface area contributed by atoms with E-state index >= 15 is 0 Å². The summed E-state index contributed by atoms with van der Waals surface area (Å²) in [6.07, 6.45) is 1.69. The van der Waals surface area contributed by atoms with Gasteiger partial charge in [-0.15, -0.1) is 10.2 Å². The van der Waals surface area contributed by atoms with Crippen LogP contribution in [0.25, 0.3) is 16.6 Å². The molecule has 12 heteroatoms. The molecule has 4 heterocycles. The summed E-state index contributed by atoms with van der Waals surface area (Å²) in [6.45, 7) is 1.14. The molecule has 1 aliphatic rings. The molecular formula is C20H18N6O5S. The average Bonchev–Trinajstić information content (AvgIpc) is 3.21. The first-order chi connectivity index (χ1) is 15.4. The van der Waals surface area contributed by atoms with E-state index in [1.807, 2.05) is 0 Å². The lowest BCUT2D eigenvalue weighted by atomic mass is 10.1. The molecule has 32 heavy (non-hydrogen) atoms. The zero-order valence-corrected chi connectivity index (χ0v) is 17.5. The van der Waals surface area contributed by atoms with Crippen LogP contribution in [0.5, 0.6) is 0 Å². The monoisotopic (exact) mass is 454 g/mol. The molecule has 0 spiro atoms. The quantitative estimate of drug-likeness (QED) is 0.466. The second-order valence-corrected chi connectivity index (χ2v) is 9.12. The van der Waals surface area contributed by atoms with Crippen LogP contribution in [0, 0.1) is 0 Å². The minimum Gasteiger partial charge on any atom is -0.379 e. The standard InChI is InChI=1S/C20H18N6O5S/c27-18-12-15(19(28)22-20-24-23-17-3-1-2-6-26(17)20)14-11-13(4-5-16(14)21-18)32(29,30)25-7-9-31-10-8-25/h1-6,11-12H,7-10H2,(H,21,27)(H,22,24,28). The zero-order chi connectivity index (χ0) is 22.3. The lowest BCUT2D eigenvalue weighted by Crippen LogP contribution is -2.40. The van der Waals surface area contributed by atoms with Gasteiger partial charge in [-0.1, -0.05) is 6.07 Å². The Hall–Kier alpha value is -3.61. The summed E-state index contributed by atoms with van der Waals surface area (Å²) in [5.74, 6) is -0.434. The Bertz CT molecular complexity index is 1500. The Morgan fingerprint density at radius 1 is 1.09 bits per heavy atom. The van der Waals surface area contributed by atoms with E-state index in [1.54, 1.807) is 28.8 Å². The van der Waals surface area contributed by atoms with Crippen molar-refractivity contribution in [1.29, 1.82) is 0 Å². The molecule has 0 atom stereocenters. The first-order valence-electron chi connectivity index (χ1n) is 9.79. The highest BCUT2D eigenvalue weighted by molar-refractivity contribution is 7.89. The van der Waals surface area contributed by atoms with Gasteiger partial charge < -0.3 is 9.72 Å². The lowest BCUT2D eigenvalue weighted by molar-refractivity contribution is 0.0730. The van der Waals surface area contributed by atoms with Gasteiger partial charge in [0.05, 0.1) is 23.7 Å². The predicted molar refractivity (Wildman–Crippen MR) is 115 cm³/mol. The van der Waals surface area contributed by atoms with Crippen LogP contribution >= 0.6 is 0 Å². The van der Waals surface area contributed by atoms with Crippen molar-refractivity contribution in [1.82, 2.24) is 23.9 Å². The van der Waals surface area contributed by atoms with Crippen molar-refractivity contribution in [2.75, 3.05) is 31.6 Å².